The molecule has 104 valence electrons. The molecule has 6 heteroatoms. The molecule has 0 aliphatic carbocycles. The van der Waals surface area contributed by atoms with Crippen LogP contribution in [0.4, 0.5) is 11.4 Å². The summed E-state index contributed by atoms with van der Waals surface area (Å²) < 4.78 is 0. The van der Waals surface area contributed by atoms with E-state index in [-0.39, 0.29) is 5.56 Å². The molecule has 3 N–H and O–H groups in total. The first-order valence-corrected chi connectivity index (χ1v) is 6.62. The van der Waals surface area contributed by atoms with E-state index in [1.54, 1.807) is 6.07 Å². The Hall–Kier alpha value is -1.46. The van der Waals surface area contributed by atoms with Gasteiger partial charge in [-0.25, -0.2) is 4.79 Å². The summed E-state index contributed by atoms with van der Waals surface area (Å²) in [6.07, 6.45) is 0.982. The highest BCUT2D eigenvalue weighted by atomic mass is 35.5. The normalized spacial score (nSPS) is 17.3. The van der Waals surface area contributed by atoms with Crippen molar-refractivity contribution in [1.82, 2.24) is 4.90 Å². The van der Waals surface area contributed by atoms with Gasteiger partial charge < -0.3 is 20.6 Å². The lowest BCUT2D eigenvalue weighted by Gasteiger charge is -2.25. The molecule has 0 saturated carbocycles. The topological polar surface area (TPSA) is 69.8 Å². The number of aromatic carboxylic acids is 1. The van der Waals surface area contributed by atoms with Crippen LogP contribution in [-0.2, 0) is 0 Å². The van der Waals surface area contributed by atoms with Gasteiger partial charge in [0, 0.05) is 25.3 Å². The largest absolute Gasteiger partial charge is 0.478 e. The second-order valence-electron chi connectivity index (χ2n) is 4.85. The average molecular weight is 284 g/mol. The van der Waals surface area contributed by atoms with E-state index in [1.807, 2.05) is 4.90 Å². The fourth-order valence-corrected chi connectivity index (χ4v) is 2.72. The first kappa shape index (κ1) is 14.0. The molecule has 0 aromatic heterocycles. The summed E-state index contributed by atoms with van der Waals surface area (Å²) in [7, 11) is 2.06. The van der Waals surface area contributed by atoms with Gasteiger partial charge in [-0.3, -0.25) is 0 Å². The molecule has 2 rings (SSSR count). The molecule has 0 unspecified atom stereocenters. The number of hydrogen-bond donors (Lipinski definition) is 2. The van der Waals surface area contributed by atoms with Crippen LogP contribution in [0.15, 0.2) is 12.1 Å². The van der Waals surface area contributed by atoms with Gasteiger partial charge in [-0.15, -0.1) is 0 Å². The summed E-state index contributed by atoms with van der Waals surface area (Å²) in [5.74, 6) is -0.998. The summed E-state index contributed by atoms with van der Waals surface area (Å²) in [5, 5.41) is 9.72. The number of carboxylic acids is 1. The molecule has 1 aromatic carbocycles. The van der Waals surface area contributed by atoms with Crippen LogP contribution in [-0.4, -0.2) is 49.2 Å². The van der Waals surface area contributed by atoms with E-state index >= 15 is 0 Å². The third-order valence-electron chi connectivity index (χ3n) is 3.35. The van der Waals surface area contributed by atoms with E-state index in [0.717, 1.165) is 32.6 Å². The van der Waals surface area contributed by atoms with Crippen molar-refractivity contribution in [1.29, 1.82) is 0 Å². The Balaban J connectivity index is 2.40. The summed E-state index contributed by atoms with van der Waals surface area (Å²) in [6, 6.07) is 3.08. The average Bonchev–Trinajstić information content (AvgIpc) is 2.53. The van der Waals surface area contributed by atoms with Crippen molar-refractivity contribution in [3.8, 4) is 0 Å². The summed E-state index contributed by atoms with van der Waals surface area (Å²) >= 11 is 6.20. The monoisotopic (exact) mass is 283 g/mol. The molecule has 1 aromatic rings. The minimum absolute atomic E-state index is 0.176. The number of halogens is 1. The number of benzene rings is 1. The SMILES string of the molecule is CN1CCCN(c2c(Cl)cc(N)cc2C(=O)O)CC1. The van der Waals surface area contributed by atoms with E-state index in [2.05, 4.69) is 11.9 Å². The first-order valence-electron chi connectivity index (χ1n) is 6.25. The maximum atomic E-state index is 11.4. The summed E-state index contributed by atoms with van der Waals surface area (Å²) in [4.78, 5) is 15.6. The van der Waals surface area contributed by atoms with Crippen LogP contribution < -0.4 is 10.6 Å². The fourth-order valence-electron chi connectivity index (χ4n) is 2.37. The predicted octanol–water partition coefficient (Wildman–Crippen LogP) is 1.76. The van der Waals surface area contributed by atoms with Crippen molar-refractivity contribution >= 4 is 28.9 Å². The summed E-state index contributed by atoms with van der Waals surface area (Å²) in [5.41, 5.74) is 6.80. The lowest BCUT2D eigenvalue weighted by Crippen LogP contribution is -2.30. The van der Waals surface area contributed by atoms with E-state index < -0.39 is 5.97 Å². The molecule has 1 saturated heterocycles. The van der Waals surface area contributed by atoms with Crippen LogP contribution in [0.2, 0.25) is 5.02 Å². The Morgan fingerprint density at radius 3 is 2.74 bits per heavy atom. The number of nitrogen functional groups attached to an aromatic ring is 1. The lowest BCUT2D eigenvalue weighted by molar-refractivity contribution is 0.0697. The second-order valence-corrected chi connectivity index (χ2v) is 5.26. The molecule has 19 heavy (non-hydrogen) atoms. The highest BCUT2D eigenvalue weighted by Gasteiger charge is 2.22. The molecule has 0 atom stereocenters. The molecule has 1 heterocycles. The number of carboxylic acid groups (broad SMARTS) is 1. The predicted molar refractivity (Wildman–Crippen MR) is 77.2 cm³/mol. The number of nitrogens with zero attached hydrogens (tertiary/aromatic N) is 2. The standard InChI is InChI=1S/C13H18ClN3O2/c1-16-3-2-4-17(6-5-16)12-10(13(18)19)7-9(15)8-11(12)14/h7-8H,2-6,15H2,1H3,(H,18,19). The second kappa shape index (κ2) is 5.67. The maximum Gasteiger partial charge on any atom is 0.337 e. The maximum absolute atomic E-state index is 11.4. The molecule has 1 aliphatic rings. The Kier molecular flexibility index (Phi) is 4.17. The number of nitrogens with two attached hydrogens (primary N) is 1. The molecule has 0 radical (unpaired) electrons. The van der Waals surface area contributed by atoms with Gasteiger partial charge in [0.05, 0.1) is 16.3 Å². The van der Waals surface area contributed by atoms with E-state index in [9.17, 15) is 9.90 Å². The Morgan fingerprint density at radius 2 is 2.05 bits per heavy atom. The van der Waals surface area contributed by atoms with Gasteiger partial charge >= 0.3 is 5.97 Å². The quantitative estimate of drug-likeness (QED) is 0.810. The van der Waals surface area contributed by atoms with Gasteiger partial charge in [0.2, 0.25) is 0 Å². The number of hydrogen-bond acceptors (Lipinski definition) is 4. The van der Waals surface area contributed by atoms with Crippen LogP contribution in [0, 0.1) is 0 Å². The number of likely N-dealkylation sites (N-methyl/N-ethyl adjacent to an activating group) is 1. The Labute approximate surface area is 117 Å². The summed E-state index contributed by atoms with van der Waals surface area (Å²) in [6.45, 7) is 3.46. The number of anilines is 2. The van der Waals surface area contributed by atoms with Crippen molar-refractivity contribution < 1.29 is 9.90 Å². The third kappa shape index (κ3) is 3.11. The molecule has 1 fully saturated rings. The van der Waals surface area contributed by atoms with Gasteiger partial charge in [-0.1, -0.05) is 11.6 Å². The van der Waals surface area contributed by atoms with Gasteiger partial charge in [-0.05, 0) is 32.1 Å². The number of rotatable bonds is 2. The van der Waals surface area contributed by atoms with Crippen molar-refractivity contribution in [3.05, 3.63) is 22.7 Å². The fraction of sp³-hybridized carbons (Fsp3) is 0.462. The lowest BCUT2D eigenvalue weighted by atomic mass is 10.1. The van der Waals surface area contributed by atoms with Gasteiger partial charge in [-0.2, -0.15) is 0 Å². The van der Waals surface area contributed by atoms with Crippen LogP contribution in [0.5, 0.6) is 0 Å². The molecular formula is C13H18ClN3O2. The van der Waals surface area contributed by atoms with Crippen LogP contribution in [0.25, 0.3) is 0 Å². The van der Waals surface area contributed by atoms with Crippen molar-refractivity contribution in [2.24, 2.45) is 0 Å². The van der Waals surface area contributed by atoms with E-state index in [1.165, 1.54) is 6.07 Å². The zero-order valence-corrected chi connectivity index (χ0v) is 11.7. The molecule has 0 bridgehead atoms. The number of carbonyl (C=O) groups is 1. The first-order chi connectivity index (χ1) is 8.99. The van der Waals surface area contributed by atoms with Gasteiger partial charge in [0.1, 0.15) is 0 Å². The molecular weight excluding hydrogens is 266 g/mol. The van der Waals surface area contributed by atoms with Gasteiger partial charge in [0.15, 0.2) is 0 Å². The van der Waals surface area contributed by atoms with E-state index in [4.69, 9.17) is 17.3 Å². The molecule has 1 aliphatic heterocycles. The van der Waals surface area contributed by atoms with Crippen molar-refractivity contribution in [2.45, 2.75) is 6.42 Å². The van der Waals surface area contributed by atoms with Crippen molar-refractivity contribution in [2.75, 3.05) is 43.9 Å². The molecule has 0 spiro atoms. The van der Waals surface area contributed by atoms with Crippen LogP contribution in [0.1, 0.15) is 16.8 Å². The smallest absolute Gasteiger partial charge is 0.337 e. The zero-order chi connectivity index (χ0) is 14.0. The molecule has 0 amide bonds. The van der Waals surface area contributed by atoms with Crippen LogP contribution in [0.3, 0.4) is 0 Å². The van der Waals surface area contributed by atoms with E-state index in [0.29, 0.717) is 16.4 Å². The highest BCUT2D eigenvalue weighted by Crippen LogP contribution is 2.33. The van der Waals surface area contributed by atoms with Gasteiger partial charge in [0.25, 0.3) is 0 Å². The third-order valence-corrected chi connectivity index (χ3v) is 3.64. The Bertz CT molecular complexity index is 493. The zero-order valence-electron chi connectivity index (χ0n) is 10.9. The van der Waals surface area contributed by atoms with Crippen LogP contribution >= 0.6 is 11.6 Å². The minimum Gasteiger partial charge on any atom is -0.478 e. The highest BCUT2D eigenvalue weighted by molar-refractivity contribution is 6.34. The van der Waals surface area contributed by atoms with Crippen molar-refractivity contribution in [3.63, 3.8) is 0 Å². The Morgan fingerprint density at radius 1 is 1.32 bits per heavy atom. The molecule has 5 nitrogen and oxygen atoms in total. The minimum atomic E-state index is -0.998.